The van der Waals surface area contributed by atoms with Gasteiger partial charge in [0, 0.05) is 23.2 Å². The number of aryl methyl sites for hydroxylation is 1. The molecule has 3 heteroatoms. The van der Waals surface area contributed by atoms with E-state index in [1.54, 1.807) is 0 Å². The number of fused-ring (bicyclic) bond motifs is 2. The topological polar surface area (TPSA) is 42.0 Å². The zero-order valence-corrected chi connectivity index (χ0v) is 16.3. The fraction of sp³-hybridized carbons (Fsp3) is 0.333. The van der Waals surface area contributed by atoms with Gasteiger partial charge in [0.05, 0.1) is 5.52 Å². The van der Waals surface area contributed by atoms with Crippen LogP contribution in [-0.4, -0.2) is 10.9 Å². The first-order valence-corrected chi connectivity index (χ1v) is 9.82. The maximum absolute atomic E-state index is 11.5. The Morgan fingerprint density at radius 3 is 2.63 bits per heavy atom. The summed E-state index contributed by atoms with van der Waals surface area (Å²) in [4.78, 5) is 16.4. The summed E-state index contributed by atoms with van der Waals surface area (Å²) in [6.45, 7) is 6.63. The third-order valence-corrected chi connectivity index (χ3v) is 5.51. The average Bonchev–Trinajstić information content (AvgIpc) is 2.66. The summed E-state index contributed by atoms with van der Waals surface area (Å²) in [6.07, 6.45) is 2.40. The van der Waals surface area contributed by atoms with Crippen LogP contribution in [-0.2, 0) is 17.6 Å². The molecule has 1 N–H and O–H groups in total. The number of benzene rings is 2. The Hall–Kier alpha value is -2.68. The van der Waals surface area contributed by atoms with E-state index in [0.717, 1.165) is 29.7 Å². The number of pyridine rings is 1. The fourth-order valence-electron chi connectivity index (χ4n) is 3.81. The molecule has 0 saturated carbocycles. The number of nitrogens with one attached hydrogen (secondary N) is 1. The van der Waals surface area contributed by atoms with Crippen molar-refractivity contribution in [1.82, 2.24) is 4.98 Å². The number of rotatable bonds is 4. The van der Waals surface area contributed by atoms with Gasteiger partial charge in [-0.25, -0.2) is 0 Å². The maximum atomic E-state index is 11.5. The second-order valence-electron chi connectivity index (χ2n) is 7.99. The molecule has 3 nitrogen and oxygen atoms in total. The van der Waals surface area contributed by atoms with E-state index < -0.39 is 0 Å². The standard InChI is InChI=1S/C24H26N2O/c1-15(2)21-9-6-18-5-4-17(13-23(18)25-21)12-16(3)19-7-10-22-20(14-19)8-11-24(27)26-22/h4-7,9-10,13-16H,8,11-12H2,1-3H3,(H,26,27). The summed E-state index contributed by atoms with van der Waals surface area (Å²) < 4.78 is 0. The Morgan fingerprint density at radius 1 is 1.00 bits per heavy atom. The van der Waals surface area contributed by atoms with Gasteiger partial charge in [0.25, 0.3) is 0 Å². The highest BCUT2D eigenvalue weighted by molar-refractivity contribution is 5.93. The first-order chi connectivity index (χ1) is 13.0. The maximum Gasteiger partial charge on any atom is 0.224 e. The van der Waals surface area contributed by atoms with Gasteiger partial charge >= 0.3 is 0 Å². The molecular formula is C24H26N2O. The van der Waals surface area contributed by atoms with Crippen molar-refractivity contribution in [3.05, 3.63) is 70.9 Å². The lowest BCUT2D eigenvalue weighted by atomic mass is 9.90. The molecule has 1 aliphatic heterocycles. The molecular weight excluding hydrogens is 332 g/mol. The van der Waals surface area contributed by atoms with E-state index in [4.69, 9.17) is 4.98 Å². The van der Waals surface area contributed by atoms with Crippen molar-refractivity contribution in [2.75, 3.05) is 5.32 Å². The monoisotopic (exact) mass is 358 g/mol. The quantitative estimate of drug-likeness (QED) is 0.660. The molecule has 0 saturated heterocycles. The Kier molecular flexibility index (Phi) is 4.69. The molecule has 0 spiro atoms. The molecule has 0 bridgehead atoms. The van der Waals surface area contributed by atoms with Crippen molar-refractivity contribution in [3.8, 4) is 0 Å². The predicted octanol–water partition coefficient (Wildman–Crippen LogP) is 5.59. The molecule has 0 fully saturated rings. The summed E-state index contributed by atoms with van der Waals surface area (Å²) in [5.41, 5.74) is 7.09. The van der Waals surface area contributed by atoms with Crippen LogP contribution in [0.15, 0.2) is 48.5 Å². The third kappa shape index (κ3) is 3.73. The molecule has 27 heavy (non-hydrogen) atoms. The van der Waals surface area contributed by atoms with E-state index >= 15 is 0 Å². The van der Waals surface area contributed by atoms with Crippen molar-refractivity contribution >= 4 is 22.5 Å². The van der Waals surface area contributed by atoms with Crippen LogP contribution in [0.3, 0.4) is 0 Å². The number of aromatic nitrogens is 1. The van der Waals surface area contributed by atoms with Crippen LogP contribution in [0.25, 0.3) is 10.9 Å². The van der Waals surface area contributed by atoms with E-state index in [2.05, 4.69) is 74.6 Å². The van der Waals surface area contributed by atoms with Crippen LogP contribution >= 0.6 is 0 Å². The van der Waals surface area contributed by atoms with Gasteiger partial charge in [0.2, 0.25) is 5.91 Å². The Morgan fingerprint density at radius 2 is 1.81 bits per heavy atom. The van der Waals surface area contributed by atoms with E-state index in [0.29, 0.717) is 18.3 Å². The molecule has 3 aromatic rings. The second kappa shape index (κ2) is 7.15. The normalized spacial score (nSPS) is 14.9. The van der Waals surface area contributed by atoms with E-state index in [-0.39, 0.29) is 5.91 Å². The number of carbonyl (C=O) groups excluding carboxylic acids is 1. The number of hydrogen-bond donors (Lipinski definition) is 1. The molecule has 0 aliphatic carbocycles. The number of carbonyl (C=O) groups is 1. The minimum absolute atomic E-state index is 0.118. The molecule has 2 aromatic carbocycles. The van der Waals surface area contributed by atoms with Crippen molar-refractivity contribution in [3.63, 3.8) is 0 Å². The highest BCUT2D eigenvalue weighted by Crippen LogP contribution is 2.29. The molecule has 1 unspecified atom stereocenters. The van der Waals surface area contributed by atoms with E-state index in [9.17, 15) is 4.79 Å². The number of anilines is 1. The second-order valence-corrected chi connectivity index (χ2v) is 7.99. The lowest BCUT2D eigenvalue weighted by Crippen LogP contribution is -2.19. The van der Waals surface area contributed by atoms with Gasteiger partial charge in [-0.15, -0.1) is 0 Å². The highest BCUT2D eigenvalue weighted by Gasteiger charge is 2.16. The summed E-state index contributed by atoms with van der Waals surface area (Å²) in [5.74, 6) is 0.972. The number of hydrogen-bond acceptors (Lipinski definition) is 2. The molecule has 138 valence electrons. The highest BCUT2D eigenvalue weighted by atomic mass is 16.1. The molecule has 4 rings (SSSR count). The average molecular weight is 358 g/mol. The van der Waals surface area contributed by atoms with Crippen LogP contribution in [0.4, 0.5) is 5.69 Å². The van der Waals surface area contributed by atoms with Crippen LogP contribution < -0.4 is 5.32 Å². The molecule has 1 aliphatic rings. The summed E-state index contributed by atoms with van der Waals surface area (Å²) >= 11 is 0. The van der Waals surface area contributed by atoms with Crippen LogP contribution in [0.5, 0.6) is 0 Å². The van der Waals surface area contributed by atoms with Crippen molar-refractivity contribution in [1.29, 1.82) is 0 Å². The zero-order valence-electron chi connectivity index (χ0n) is 16.3. The predicted molar refractivity (Wildman–Crippen MR) is 111 cm³/mol. The SMILES string of the molecule is CC(C)c1ccc2ccc(CC(C)c3ccc4c(c3)CCC(=O)N4)cc2n1. The van der Waals surface area contributed by atoms with Gasteiger partial charge in [-0.3, -0.25) is 9.78 Å². The molecule has 1 amide bonds. The van der Waals surface area contributed by atoms with Gasteiger partial charge in [-0.05, 0) is 59.6 Å². The molecule has 2 heterocycles. The summed E-state index contributed by atoms with van der Waals surface area (Å²) in [7, 11) is 0. The third-order valence-electron chi connectivity index (χ3n) is 5.51. The minimum atomic E-state index is 0.118. The Balaban J connectivity index is 1.57. The van der Waals surface area contributed by atoms with E-state index in [1.165, 1.54) is 22.1 Å². The largest absolute Gasteiger partial charge is 0.326 e. The van der Waals surface area contributed by atoms with Crippen LogP contribution in [0.2, 0.25) is 0 Å². The van der Waals surface area contributed by atoms with Crippen LogP contribution in [0, 0.1) is 0 Å². The number of nitrogens with zero attached hydrogens (tertiary/aromatic N) is 1. The lowest BCUT2D eigenvalue weighted by Gasteiger charge is -2.20. The lowest BCUT2D eigenvalue weighted by molar-refractivity contribution is -0.116. The summed E-state index contributed by atoms with van der Waals surface area (Å²) in [6, 6.07) is 17.4. The summed E-state index contributed by atoms with van der Waals surface area (Å²) in [5, 5.41) is 4.16. The fourth-order valence-corrected chi connectivity index (χ4v) is 3.81. The van der Waals surface area contributed by atoms with Gasteiger partial charge in [-0.2, -0.15) is 0 Å². The van der Waals surface area contributed by atoms with E-state index in [1.807, 2.05) is 0 Å². The van der Waals surface area contributed by atoms with Gasteiger partial charge in [-0.1, -0.05) is 51.1 Å². The van der Waals surface area contributed by atoms with Gasteiger partial charge < -0.3 is 5.32 Å². The zero-order chi connectivity index (χ0) is 19.0. The number of amides is 1. The Labute approximate surface area is 160 Å². The molecule has 1 atom stereocenters. The first kappa shape index (κ1) is 17.7. The first-order valence-electron chi connectivity index (χ1n) is 9.82. The van der Waals surface area contributed by atoms with Crippen molar-refractivity contribution in [2.24, 2.45) is 0 Å². The van der Waals surface area contributed by atoms with Crippen molar-refractivity contribution < 1.29 is 4.79 Å². The van der Waals surface area contributed by atoms with Crippen molar-refractivity contribution in [2.45, 2.75) is 51.9 Å². The molecule has 0 radical (unpaired) electrons. The van der Waals surface area contributed by atoms with Gasteiger partial charge in [0.15, 0.2) is 0 Å². The van der Waals surface area contributed by atoms with Crippen LogP contribution in [0.1, 0.15) is 61.4 Å². The Bertz CT molecular complexity index is 1010. The minimum Gasteiger partial charge on any atom is -0.326 e. The smallest absolute Gasteiger partial charge is 0.224 e. The molecule has 1 aromatic heterocycles. The van der Waals surface area contributed by atoms with Gasteiger partial charge in [0.1, 0.15) is 0 Å².